The van der Waals surface area contributed by atoms with Crippen LogP contribution >= 0.6 is 32.9 Å². The highest BCUT2D eigenvalue weighted by Crippen LogP contribution is 2.15. The average Bonchev–Trinajstić information content (AvgIpc) is 2.08. The van der Waals surface area contributed by atoms with E-state index >= 15 is 0 Å². The summed E-state index contributed by atoms with van der Waals surface area (Å²) in [4.78, 5) is 10.8. The van der Waals surface area contributed by atoms with Crippen molar-refractivity contribution in [3.8, 4) is 0 Å². The average molecular weight is 339 g/mol. The molecule has 0 aromatic heterocycles. The lowest BCUT2D eigenvalue weighted by atomic mass is 9.94. The van der Waals surface area contributed by atoms with Crippen molar-refractivity contribution in [2.75, 3.05) is 0 Å². The summed E-state index contributed by atoms with van der Waals surface area (Å²) < 4.78 is 0.968. The van der Waals surface area contributed by atoms with Crippen molar-refractivity contribution in [2.45, 2.75) is 18.9 Å². The van der Waals surface area contributed by atoms with E-state index in [2.05, 4.69) is 15.9 Å². The van der Waals surface area contributed by atoms with Gasteiger partial charge < -0.3 is 10.8 Å². The zero-order valence-corrected chi connectivity index (χ0v) is 11.5. The minimum Gasteiger partial charge on any atom is -0.480 e. The first kappa shape index (κ1) is 14.6. The van der Waals surface area contributed by atoms with Gasteiger partial charge in [0.1, 0.15) is 5.54 Å². The summed E-state index contributed by atoms with van der Waals surface area (Å²) >= 11 is 3.31. The topological polar surface area (TPSA) is 63.3 Å². The monoisotopic (exact) mass is 337 g/mol. The number of carboxylic acids is 1. The summed E-state index contributed by atoms with van der Waals surface area (Å²) in [6.07, 6.45) is 0.329. The fourth-order valence-corrected chi connectivity index (χ4v) is 1.37. The van der Waals surface area contributed by atoms with Gasteiger partial charge in [-0.2, -0.15) is 0 Å². The van der Waals surface area contributed by atoms with Gasteiger partial charge in [-0.3, -0.25) is 4.79 Å². The van der Waals surface area contributed by atoms with Gasteiger partial charge in [0.25, 0.3) is 0 Å². The molecule has 0 amide bonds. The summed E-state index contributed by atoms with van der Waals surface area (Å²) in [7, 11) is 0. The predicted molar refractivity (Wildman–Crippen MR) is 68.4 cm³/mol. The number of aliphatic carboxylic acids is 1. The number of rotatable bonds is 3. The fourth-order valence-electron chi connectivity index (χ4n) is 1.10. The normalized spacial score (nSPS) is 13.8. The molecule has 1 aromatic carbocycles. The van der Waals surface area contributed by atoms with Gasteiger partial charge in [-0.1, -0.05) is 28.1 Å². The standard InChI is InChI=1S/C10H12BrNO2.BrH/c1-10(12,9(13)14)6-7-2-4-8(11)5-3-7;/h2-5H,6,12H2,1H3,(H,13,14);1H. The second-order valence-corrected chi connectivity index (χ2v) is 4.44. The van der Waals surface area contributed by atoms with Gasteiger partial charge in [-0.15, -0.1) is 17.0 Å². The minimum atomic E-state index is -1.20. The number of halogens is 2. The van der Waals surface area contributed by atoms with E-state index in [0.717, 1.165) is 10.0 Å². The Morgan fingerprint density at radius 3 is 2.33 bits per heavy atom. The zero-order valence-electron chi connectivity index (χ0n) is 8.24. The van der Waals surface area contributed by atoms with E-state index < -0.39 is 11.5 Å². The number of carboxylic acid groups (broad SMARTS) is 1. The SMILES string of the molecule is Br.CC(N)(Cc1ccc(Br)cc1)C(=O)O. The van der Waals surface area contributed by atoms with Crippen molar-refractivity contribution in [1.29, 1.82) is 0 Å². The lowest BCUT2D eigenvalue weighted by molar-refractivity contribution is -0.142. The smallest absolute Gasteiger partial charge is 0.323 e. The van der Waals surface area contributed by atoms with Crippen molar-refractivity contribution >= 4 is 38.9 Å². The molecule has 1 rings (SSSR count). The molecule has 0 heterocycles. The molecule has 0 fully saturated rings. The third-order valence-electron chi connectivity index (χ3n) is 1.97. The fraction of sp³-hybridized carbons (Fsp3) is 0.300. The van der Waals surface area contributed by atoms with Gasteiger partial charge in [0.2, 0.25) is 0 Å². The molecule has 0 bridgehead atoms. The highest BCUT2D eigenvalue weighted by molar-refractivity contribution is 9.10. The van der Waals surface area contributed by atoms with Crippen LogP contribution in [0.3, 0.4) is 0 Å². The molecule has 0 saturated heterocycles. The molecule has 0 spiro atoms. The molecule has 15 heavy (non-hydrogen) atoms. The number of hydrogen-bond acceptors (Lipinski definition) is 2. The highest BCUT2D eigenvalue weighted by Gasteiger charge is 2.27. The van der Waals surface area contributed by atoms with Crippen LogP contribution in [-0.2, 0) is 11.2 Å². The largest absolute Gasteiger partial charge is 0.480 e. The van der Waals surface area contributed by atoms with Crippen LogP contribution in [0.1, 0.15) is 12.5 Å². The van der Waals surface area contributed by atoms with E-state index in [4.69, 9.17) is 10.8 Å². The lowest BCUT2D eigenvalue weighted by Crippen LogP contribution is -2.46. The van der Waals surface area contributed by atoms with Crippen LogP contribution < -0.4 is 5.73 Å². The van der Waals surface area contributed by atoms with E-state index in [1.54, 1.807) is 0 Å². The van der Waals surface area contributed by atoms with Crippen molar-refractivity contribution in [2.24, 2.45) is 5.73 Å². The van der Waals surface area contributed by atoms with Crippen LogP contribution in [0.25, 0.3) is 0 Å². The number of nitrogens with two attached hydrogens (primary N) is 1. The zero-order chi connectivity index (χ0) is 10.8. The molecular weight excluding hydrogens is 326 g/mol. The number of benzene rings is 1. The molecule has 1 aromatic rings. The quantitative estimate of drug-likeness (QED) is 0.889. The third kappa shape index (κ3) is 4.32. The summed E-state index contributed by atoms with van der Waals surface area (Å²) in [6, 6.07) is 7.46. The Balaban J connectivity index is 0.00000196. The molecule has 1 unspecified atom stereocenters. The van der Waals surface area contributed by atoms with Gasteiger partial charge in [-0.25, -0.2) is 0 Å². The maximum atomic E-state index is 10.8. The molecule has 0 aliphatic heterocycles. The molecule has 0 aliphatic rings. The Morgan fingerprint density at radius 2 is 1.93 bits per heavy atom. The van der Waals surface area contributed by atoms with E-state index in [-0.39, 0.29) is 17.0 Å². The van der Waals surface area contributed by atoms with Crippen molar-refractivity contribution in [1.82, 2.24) is 0 Å². The first-order chi connectivity index (χ1) is 6.42. The molecule has 0 saturated carbocycles. The molecule has 5 heteroatoms. The summed E-state index contributed by atoms with van der Waals surface area (Å²) in [5.41, 5.74) is 5.34. The molecule has 0 aliphatic carbocycles. The van der Waals surface area contributed by atoms with E-state index in [1.807, 2.05) is 24.3 Å². The molecular formula is C10H13Br2NO2. The van der Waals surface area contributed by atoms with Crippen molar-refractivity contribution < 1.29 is 9.90 Å². The van der Waals surface area contributed by atoms with Crippen molar-refractivity contribution in [3.63, 3.8) is 0 Å². The Morgan fingerprint density at radius 1 is 1.47 bits per heavy atom. The van der Waals surface area contributed by atoms with Gasteiger partial charge in [-0.05, 0) is 24.6 Å². The minimum absolute atomic E-state index is 0. The Hall–Kier alpha value is -0.390. The summed E-state index contributed by atoms with van der Waals surface area (Å²) in [6.45, 7) is 1.51. The number of carbonyl (C=O) groups is 1. The summed E-state index contributed by atoms with van der Waals surface area (Å²) in [5.74, 6) is -0.986. The maximum Gasteiger partial charge on any atom is 0.323 e. The number of hydrogen-bond donors (Lipinski definition) is 2. The van der Waals surface area contributed by atoms with Gasteiger partial charge >= 0.3 is 5.97 Å². The van der Waals surface area contributed by atoms with E-state index in [0.29, 0.717) is 6.42 Å². The molecule has 3 N–H and O–H groups in total. The lowest BCUT2D eigenvalue weighted by Gasteiger charge is -2.18. The second kappa shape index (κ2) is 5.63. The van der Waals surface area contributed by atoms with Crippen molar-refractivity contribution in [3.05, 3.63) is 34.3 Å². The van der Waals surface area contributed by atoms with E-state index in [9.17, 15) is 4.79 Å². The predicted octanol–water partition coefficient (Wildman–Crippen LogP) is 2.37. The third-order valence-corrected chi connectivity index (χ3v) is 2.50. The van der Waals surface area contributed by atoms with Gasteiger partial charge in [0.15, 0.2) is 0 Å². The molecule has 84 valence electrons. The summed E-state index contributed by atoms with van der Waals surface area (Å²) in [5, 5.41) is 8.82. The van der Waals surface area contributed by atoms with E-state index in [1.165, 1.54) is 6.92 Å². The maximum absolute atomic E-state index is 10.8. The highest BCUT2D eigenvalue weighted by atomic mass is 79.9. The van der Waals surface area contributed by atoms with Crippen LogP contribution in [0.15, 0.2) is 28.7 Å². The van der Waals surface area contributed by atoms with Crippen LogP contribution in [0, 0.1) is 0 Å². The molecule has 0 radical (unpaired) electrons. The first-order valence-corrected chi connectivity index (χ1v) is 4.98. The Bertz CT molecular complexity index is 336. The molecule has 3 nitrogen and oxygen atoms in total. The molecule has 1 atom stereocenters. The van der Waals surface area contributed by atoms with Crippen LogP contribution in [0.2, 0.25) is 0 Å². The van der Waals surface area contributed by atoms with Gasteiger partial charge in [0, 0.05) is 10.9 Å². The Kier molecular flexibility index (Phi) is 5.48. The van der Waals surface area contributed by atoms with Crippen LogP contribution in [-0.4, -0.2) is 16.6 Å². The van der Waals surface area contributed by atoms with Crippen LogP contribution in [0.5, 0.6) is 0 Å². The Labute approximate surface area is 108 Å². The first-order valence-electron chi connectivity index (χ1n) is 4.18. The van der Waals surface area contributed by atoms with Crippen LogP contribution in [0.4, 0.5) is 0 Å². The van der Waals surface area contributed by atoms with Gasteiger partial charge in [0.05, 0.1) is 0 Å². The second-order valence-electron chi connectivity index (χ2n) is 3.53.